The van der Waals surface area contributed by atoms with Crippen LogP contribution in [-0.4, -0.2) is 19.2 Å². The Balaban J connectivity index is 1.78. The number of halogens is 2. The average Bonchev–Trinajstić information content (AvgIpc) is 3.28. The van der Waals surface area contributed by atoms with Gasteiger partial charge in [-0.1, -0.05) is 42.8 Å². The predicted octanol–water partition coefficient (Wildman–Crippen LogP) is 4.99. The third kappa shape index (κ3) is 3.37. The van der Waals surface area contributed by atoms with Crippen LogP contribution in [0.5, 0.6) is 0 Å². The summed E-state index contributed by atoms with van der Waals surface area (Å²) < 4.78 is 17.6. The van der Waals surface area contributed by atoms with E-state index in [2.05, 4.69) is 17.1 Å². The highest BCUT2D eigenvalue weighted by atomic mass is 35.5. The van der Waals surface area contributed by atoms with Crippen molar-refractivity contribution in [3.05, 3.63) is 56.4 Å². The lowest BCUT2D eigenvalue weighted by Gasteiger charge is -2.09. The molecule has 0 saturated carbocycles. The predicted molar refractivity (Wildman–Crippen MR) is 109 cm³/mol. The summed E-state index contributed by atoms with van der Waals surface area (Å²) in [4.78, 5) is 12.8. The van der Waals surface area contributed by atoms with Gasteiger partial charge in [0.2, 0.25) is 5.78 Å². The number of unbranched alkanes of at least 4 members (excludes halogenated alkanes) is 1. The molecule has 0 amide bonds. The lowest BCUT2D eigenvalue weighted by Crippen LogP contribution is -2.22. The molecule has 140 valence electrons. The maximum Gasteiger partial charge on any atom is 0.272 e. The molecule has 0 N–H and O–H groups in total. The van der Waals surface area contributed by atoms with E-state index in [-0.39, 0.29) is 11.4 Å². The van der Waals surface area contributed by atoms with Crippen molar-refractivity contribution in [3.8, 4) is 0 Å². The van der Waals surface area contributed by atoms with Crippen molar-refractivity contribution in [1.29, 1.82) is 0 Å². The minimum atomic E-state index is -0.360. The standard InChI is InChI=1S/C18H16ClFN4OS2/c1-2-3-7-23-16(25)15-14(6-8-26-15)24-17(23)21-22-18(24)27-10-11-4-5-12(20)9-13(11)19/h4-6,8-9H,2-3,7,10H2,1H3. The molecule has 4 aromatic rings. The van der Waals surface area contributed by atoms with E-state index in [1.807, 2.05) is 15.8 Å². The van der Waals surface area contributed by atoms with Crippen LogP contribution in [-0.2, 0) is 12.3 Å². The Labute approximate surface area is 167 Å². The van der Waals surface area contributed by atoms with Crippen LogP contribution in [0.2, 0.25) is 5.02 Å². The molecule has 4 rings (SSSR count). The van der Waals surface area contributed by atoms with Crippen molar-refractivity contribution >= 4 is 50.7 Å². The highest BCUT2D eigenvalue weighted by Gasteiger charge is 2.18. The third-order valence-corrected chi connectivity index (χ3v) is 6.51. The fraction of sp³-hybridized carbons (Fsp3) is 0.278. The topological polar surface area (TPSA) is 52.2 Å². The second kappa shape index (κ2) is 7.61. The fourth-order valence-electron chi connectivity index (χ4n) is 2.89. The van der Waals surface area contributed by atoms with Crippen LogP contribution >= 0.6 is 34.7 Å². The van der Waals surface area contributed by atoms with E-state index in [1.165, 1.54) is 35.2 Å². The maximum atomic E-state index is 13.2. The fourth-order valence-corrected chi connectivity index (χ4v) is 4.97. The Hall–Kier alpha value is -1.90. The van der Waals surface area contributed by atoms with Crippen LogP contribution < -0.4 is 5.56 Å². The van der Waals surface area contributed by atoms with Crippen LogP contribution in [0.1, 0.15) is 25.3 Å². The molecule has 0 radical (unpaired) electrons. The third-order valence-electron chi connectivity index (χ3n) is 4.29. The first kappa shape index (κ1) is 18.5. The molecule has 0 unspecified atom stereocenters. The van der Waals surface area contributed by atoms with Crippen molar-refractivity contribution in [2.75, 3.05) is 0 Å². The smallest absolute Gasteiger partial charge is 0.272 e. The van der Waals surface area contributed by atoms with Gasteiger partial charge in [-0.25, -0.2) is 4.39 Å². The second-order valence-electron chi connectivity index (χ2n) is 6.09. The van der Waals surface area contributed by atoms with E-state index in [0.717, 1.165) is 23.9 Å². The second-order valence-corrected chi connectivity index (χ2v) is 8.35. The first-order valence-electron chi connectivity index (χ1n) is 8.52. The van der Waals surface area contributed by atoms with Gasteiger partial charge >= 0.3 is 0 Å². The van der Waals surface area contributed by atoms with Crippen molar-refractivity contribution in [2.45, 2.75) is 37.2 Å². The van der Waals surface area contributed by atoms with Crippen LogP contribution in [0, 0.1) is 5.82 Å². The van der Waals surface area contributed by atoms with Crippen molar-refractivity contribution in [1.82, 2.24) is 19.2 Å². The Morgan fingerprint density at radius 1 is 1.30 bits per heavy atom. The molecule has 0 spiro atoms. The van der Waals surface area contributed by atoms with E-state index in [0.29, 0.717) is 33.0 Å². The quantitative estimate of drug-likeness (QED) is 0.411. The van der Waals surface area contributed by atoms with Gasteiger partial charge in [0, 0.05) is 17.3 Å². The Morgan fingerprint density at radius 2 is 2.15 bits per heavy atom. The minimum Gasteiger partial charge on any atom is -0.276 e. The summed E-state index contributed by atoms with van der Waals surface area (Å²) in [7, 11) is 0. The molecule has 0 atom stereocenters. The molecule has 3 aromatic heterocycles. The molecule has 0 saturated heterocycles. The van der Waals surface area contributed by atoms with E-state index < -0.39 is 0 Å². The summed E-state index contributed by atoms with van der Waals surface area (Å²) in [5.74, 6) is 0.716. The Morgan fingerprint density at radius 3 is 2.93 bits per heavy atom. The number of thiophene rings is 1. The van der Waals surface area contributed by atoms with Gasteiger partial charge in [0.1, 0.15) is 10.5 Å². The molecular weight excluding hydrogens is 407 g/mol. The number of fused-ring (bicyclic) bond motifs is 3. The monoisotopic (exact) mass is 422 g/mol. The van der Waals surface area contributed by atoms with E-state index in [1.54, 1.807) is 10.6 Å². The highest BCUT2D eigenvalue weighted by Crippen LogP contribution is 2.29. The van der Waals surface area contributed by atoms with Gasteiger partial charge in [0.05, 0.1) is 5.52 Å². The molecule has 5 nitrogen and oxygen atoms in total. The number of hydrogen-bond acceptors (Lipinski definition) is 5. The molecule has 1 aromatic carbocycles. The number of thioether (sulfide) groups is 1. The van der Waals surface area contributed by atoms with E-state index >= 15 is 0 Å². The van der Waals surface area contributed by atoms with Crippen LogP contribution in [0.15, 0.2) is 39.6 Å². The summed E-state index contributed by atoms with van der Waals surface area (Å²) in [6.07, 6.45) is 1.88. The summed E-state index contributed by atoms with van der Waals surface area (Å²) in [5.41, 5.74) is 1.61. The van der Waals surface area contributed by atoms with Crippen molar-refractivity contribution in [2.24, 2.45) is 0 Å². The lowest BCUT2D eigenvalue weighted by atomic mass is 10.2. The van der Waals surface area contributed by atoms with Crippen LogP contribution in [0.3, 0.4) is 0 Å². The van der Waals surface area contributed by atoms with Crippen molar-refractivity contribution in [3.63, 3.8) is 0 Å². The van der Waals surface area contributed by atoms with Gasteiger partial charge in [-0.15, -0.1) is 21.5 Å². The van der Waals surface area contributed by atoms with Gasteiger partial charge < -0.3 is 0 Å². The summed E-state index contributed by atoms with van der Waals surface area (Å²) >= 11 is 9.01. The van der Waals surface area contributed by atoms with Crippen molar-refractivity contribution < 1.29 is 4.39 Å². The lowest BCUT2D eigenvalue weighted by molar-refractivity contribution is 0.621. The molecule has 0 aliphatic carbocycles. The number of aryl methyl sites for hydroxylation is 1. The number of nitrogens with zero attached hydrogens (tertiary/aromatic N) is 4. The largest absolute Gasteiger partial charge is 0.276 e. The zero-order chi connectivity index (χ0) is 19.0. The van der Waals surface area contributed by atoms with Gasteiger partial charge in [-0.2, -0.15) is 0 Å². The highest BCUT2D eigenvalue weighted by molar-refractivity contribution is 7.98. The Kier molecular flexibility index (Phi) is 5.21. The molecular formula is C18H16ClFN4OS2. The zero-order valence-electron chi connectivity index (χ0n) is 14.5. The van der Waals surface area contributed by atoms with Crippen LogP contribution in [0.25, 0.3) is 16.0 Å². The molecule has 9 heteroatoms. The van der Waals surface area contributed by atoms with Gasteiger partial charge in [-0.05, 0) is 35.6 Å². The molecule has 27 heavy (non-hydrogen) atoms. The van der Waals surface area contributed by atoms with Crippen LogP contribution in [0.4, 0.5) is 4.39 Å². The minimum absolute atomic E-state index is 0.0218. The summed E-state index contributed by atoms with van der Waals surface area (Å²) in [6, 6.07) is 6.28. The van der Waals surface area contributed by atoms with Gasteiger partial charge in [0.15, 0.2) is 5.16 Å². The normalized spacial score (nSPS) is 11.7. The number of hydrogen-bond donors (Lipinski definition) is 0. The molecule has 3 heterocycles. The molecule has 0 bridgehead atoms. The molecule has 0 fully saturated rings. The summed E-state index contributed by atoms with van der Waals surface area (Å²) in [5, 5.41) is 11.5. The first-order chi connectivity index (χ1) is 13.1. The summed E-state index contributed by atoms with van der Waals surface area (Å²) in [6.45, 7) is 2.70. The maximum absolute atomic E-state index is 13.2. The Bertz CT molecular complexity index is 1180. The van der Waals surface area contributed by atoms with Gasteiger partial charge in [0.25, 0.3) is 5.56 Å². The van der Waals surface area contributed by atoms with E-state index in [4.69, 9.17) is 11.6 Å². The number of benzene rings is 1. The molecule has 0 aliphatic rings. The van der Waals surface area contributed by atoms with Gasteiger partial charge in [-0.3, -0.25) is 13.8 Å². The molecule has 0 aliphatic heterocycles. The first-order valence-corrected chi connectivity index (χ1v) is 10.8. The SMILES string of the molecule is CCCCn1c(=O)c2sccc2n2c(SCc3ccc(F)cc3Cl)nnc12. The zero-order valence-corrected chi connectivity index (χ0v) is 16.9. The van der Waals surface area contributed by atoms with E-state index in [9.17, 15) is 9.18 Å². The average molecular weight is 423 g/mol. The number of rotatable bonds is 6. The number of aromatic nitrogens is 4.